The number of benzene rings is 1. The number of nitrogens with two attached hydrogens (primary N) is 1. The van der Waals surface area contributed by atoms with Gasteiger partial charge in [0.2, 0.25) is 0 Å². The van der Waals surface area contributed by atoms with E-state index in [0.717, 1.165) is 31.6 Å². The Bertz CT molecular complexity index is 445. The monoisotopic (exact) mass is 419 g/mol. The van der Waals surface area contributed by atoms with Crippen molar-refractivity contribution in [1.82, 2.24) is 0 Å². The molecule has 0 aliphatic carbocycles. The lowest BCUT2D eigenvalue weighted by atomic mass is 10.2. The summed E-state index contributed by atoms with van der Waals surface area (Å²) >= 11 is 0. The average Bonchev–Trinajstić information content (AvgIpc) is 2.98. The van der Waals surface area contributed by atoms with Crippen molar-refractivity contribution in [2.45, 2.75) is 32.3 Å². The van der Waals surface area contributed by atoms with Crippen molar-refractivity contribution in [2.75, 3.05) is 31.7 Å². The molecule has 0 bridgehead atoms. The quantitative estimate of drug-likeness (QED) is 0.309. The molecule has 0 saturated carbocycles. The lowest BCUT2D eigenvalue weighted by Gasteiger charge is -2.09. The average molecular weight is 419 g/mol. The maximum atomic E-state index is 5.84. The van der Waals surface area contributed by atoms with Crippen LogP contribution in [0, 0.1) is 6.92 Å². The van der Waals surface area contributed by atoms with Crippen molar-refractivity contribution in [1.29, 1.82) is 0 Å². The summed E-state index contributed by atoms with van der Waals surface area (Å²) in [4.78, 5) is 4.28. The van der Waals surface area contributed by atoms with Gasteiger partial charge in [0, 0.05) is 25.4 Å². The van der Waals surface area contributed by atoms with Gasteiger partial charge in [-0.05, 0) is 38.3 Å². The van der Waals surface area contributed by atoms with Gasteiger partial charge in [-0.2, -0.15) is 0 Å². The summed E-state index contributed by atoms with van der Waals surface area (Å²) in [5, 5.41) is 3.07. The van der Waals surface area contributed by atoms with E-state index in [1.165, 1.54) is 5.56 Å². The van der Waals surface area contributed by atoms with Crippen LogP contribution in [0.1, 0.15) is 24.8 Å². The molecule has 2 rings (SSSR count). The van der Waals surface area contributed by atoms with E-state index in [1.807, 2.05) is 24.3 Å². The van der Waals surface area contributed by atoms with Crippen LogP contribution >= 0.6 is 24.0 Å². The molecule has 6 heteroatoms. The number of ether oxygens (including phenoxy) is 2. The smallest absolute Gasteiger partial charge is 0.193 e. The SMILES string of the molecule is Cc1ccc(NC(N)=NCCCOCC2CCCO2)cc1.I. The lowest BCUT2D eigenvalue weighted by Crippen LogP contribution is -2.23. The molecule has 1 aliphatic heterocycles. The van der Waals surface area contributed by atoms with Crippen molar-refractivity contribution >= 4 is 35.6 Å². The highest BCUT2D eigenvalue weighted by Gasteiger charge is 2.14. The van der Waals surface area contributed by atoms with Gasteiger partial charge >= 0.3 is 0 Å². The molecule has 0 aromatic heterocycles. The summed E-state index contributed by atoms with van der Waals surface area (Å²) in [7, 11) is 0. The van der Waals surface area contributed by atoms with Gasteiger partial charge in [-0.3, -0.25) is 4.99 Å². The Labute approximate surface area is 149 Å². The van der Waals surface area contributed by atoms with Crippen molar-refractivity contribution in [3.8, 4) is 0 Å². The molecule has 22 heavy (non-hydrogen) atoms. The molecule has 1 fully saturated rings. The first-order chi connectivity index (χ1) is 10.2. The molecule has 1 atom stereocenters. The Morgan fingerprint density at radius 1 is 1.41 bits per heavy atom. The molecule has 1 aromatic rings. The van der Waals surface area contributed by atoms with Crippen molar-refractivity contribution in [2.24, 2.45) is 10.7 Å². The molecular formula is C16H26IN3O2. The minimum atomic E-state index is 0. The van der Waals surface area contributed by atoms with Crippen molar-refractivity contribution in [3.05, 3.63) is 29.8 Å². The summed E-state index contributed by atoms with van der Waals surface area (Å²) in [6, 6.07) is 8.05. The van der Waals surface area contributed by atoms with Crippen LogP contribution in [0.3, 0.4) is 0 Å². The summed E-state index contributed by atoms with van der Waals surface area (Å²) in [6.45, 7) is 4.98. The topological polar surface area (TPSA) is 68.9 Å². The third kappa shape index (κ3) is 7.42. The number of nitrogens with one attached hydrogen (secondary N) is 1. The molecule has 5 nitrogen and oxygen atoms in total. The first kappa shape index (κ1) is 19.2. The first-order valence-electron chi connectivity index (χ1n) is 7.57. The number of nitrogens with zero attached hydrogens (tertiary/aromatic N) is 1. The van der Waals surface area contributed by atoms with Crippen LogP contribution in [-0.2, 0) is 9.47 Å². The molecule has 1 heterocycles. The normalized spacial score (nSPS) is 18.0. The molecule has 1 saturated heterocycles. The zero-order chi connectivity index (χ0) is 14.9. The number of hydrogen-bond acceptors (Lipinski definition) is 3. The van der Waals surface area contributed by atoms with E-state index >= 15 is 0 Å². The van der Waals surface area contributed by atoms with E-state index in [9.17, 15) is 0 Å². The summed E-state index contributed by atoms with van der Waals surface area (Å²) in [5.74, 6) is 0.443. The number of guanidine groups is 1. The predicted octanol–water partition coefficient (Wildman–Crippen LogP) is 2.93. The van der Waals surface area contributed by atoms with Crippen molar-refractivity contribution < 1.29 is 9.47 Å². The third-order valence-corrected chi connectivity index (χ3v) is 3.38. The van der Waals surface area contributed by atoms with Gasteiger partial charge in [-0.15, -0.1) is 24.0 Å². The molecule has 1 unspecified atom stereocenters. The highest BCUT2D eigenvalue weighted by Crippen LogP contribution is 2.12. The van der Waals surface area contributed by atoms with Crippen LogP contribution in [0.25, 0.3) is 0 Å². The molecule has 0 radical (unpaired) electrons. The van der Waals surface area contributed by atoms with Crippen LogP contribution in [0.5, 0.6) is 0 Å². The summed E-state index contributed by atoms with van der Waals surface area (Å²) < 4.78 is 11.1. The van der Waals surface area contributed by atoms with Crippen LogP contribution in [0.2, 0.25) is 0 Å². The van der Waals surface area contributed by atoms with Crippen LogP contribution in [-0.4, -0.2) is 38.4 Å². The van der Waals surface area contributed by atoms with Gasteiger partial charge in [-0.25, -0.2) is 0 Å². The van der Waals surface area contributed by atoms with E-state index in [1.54, 1.807) is 0 Å². The molecule has 0 spiro atoms. The van der Waals surface area contributed by atoms with Gasteiger partial charge in [-0.1, -0.05) is 17.7 Å². The second-order valence-electron chi connectivity index (χ2n) is 5.32. The largest absolute Gasteiger partial charge is 0.379 e. The highest BCUT2D eigenvalue weighted by molar-refractivity contribution is 14.0. The van der Waals surface area contributed by atoms with Gasteiger partial charge in [0.05, 0.1) is 12.7 Å². The number of rotatable bonds is 7. The van der Waals surface area contributed by atoms with E-state index in [0.29, 0.717) is 31.8 Å². The zero-order valence-electron chi connectivity index (χ0n) is 13.1. The minimum absolute atomic E-state index is 0. The zero-order valence-corrected chi connectivity index (χ0v) is 15.4. The van der Waals surface area contributed by atoms with E-state index < -0.39 is 0 Å². The Hall–Kier alpha value is -0.860. The summed E-state index contributed by atoms with van der Waals surface area (Å²) in [5.41, 5.74) is 8.01. The second-order valence-corrected chi connectivity index (χ2v) is 5.32. The fourth-order valence-corrected chi connectivity index (χ4v) is 2.18. The van der Waals surface area contributed by atoms with Crippen LogP contribution in [0.15, 0.2) is 29.3 Å². The van der Waals surface area contributed by atoms with Crippen molar-refractivity contribution in [3.63, 3.8) is 0 Å². The molecule has 0 amide bonds. The van der Waals surface area contributed by atoms with Gasteiger partial charge < -0.3 is 20.5 Å². The van der Waals surface area contributed by atoms with Gasteiger partial charge in [0.25, 0.3) is 0 Å². The van der Waals surface area contributed by atoms with Crippen LogP contribution < -0.4 is 11.1 Å². The fourth-order valence-electron chi connectivity index (χ4n) is 2.18. The maximum Gasteiger partial charge on any atom is 0.193 e. The highest BCUT2D eigenvalue weighted by atomic mass is 127. The number of hydrogen-bond donors (Lipinski definition) is 2. The number of aryl methyl sites for hydroxylation is 1. The lowest BCUT2D eigenvalue weighted by molar-refractivity contribution is 0.0171. The Morgan fingerprint density at radius 3 is 2.86 bits per heavy atom. The van der Waals surface area contributed by atoms with E-state index in [-0.39, 0.29) is 24.0 Å². The van der Waals surface area contributed by atoms with Gasteiger partial charge in [0.15, 0.2) is 5.96 Å². The minimum Gasteiger partial charge on any atom is -0.379 e. The van der Waals surface area contributed by atoms with Gasteiger partial charge in [0.1, 0.15) is 0 Å². The molecule has 1 aromatic carbocycles. The number of anilines is 1. The Morgan fingerprint density at radius 2 is 2.18 bits per heavy atom. The predicted molar refractivity (Wildman–Crippen MR) is 101 cm³/mol. The number of aliphatic imine (C=N–C) groups is 1. The molecule has 1 aliphatic rings. The van der Waals surface area contributed by atoms with Crippen LogP contribution in [0.4, 0.5) is 5.69 Å². The molecule has 124 valence electrons. The second kappa shape index (κ2) is 10.8. The first-order valence-corrected chi connectivity index (χ1v) is 7.57. The third-order valence-electron chi connectivity index (χ3n) is 3.38. The fraction of sp³-hybridized carbons (Fsp3) is 0.562. The Balaban J connectivity index is 0.00000242. The molecular weight excluding hydrogens is 393 g/mol. The molecule has 3 N–H and O–H groups in total. The standard InChI is InChI=1S/C16H25N3O2.HI/c1-13-5-7-14(8-6-13)19-16(17)18-9-3-10-20-12-15-4-2-11-21-15;/h5-8,15H,2-4,9-12H2,1H3,(H3,17,18,19);1H. The van der Waals surface area contributed by atoms with E-state index in [4.69, 9.17) is 15.2 Å². The maximum absolute atomic E-state index is 5.84. The Kier molecular flexibility index (Phi) is 9.42. The van der Waals surface area contributed by atoms with E-state index in [2.05, 4.69) is 17.2 Å². The number of halogens is 1. The summed E-state index contributed by atoms with van der Waals surface area (Å²) in [6.07, 6.45) is 3.43.